The maximum Gasteiger partial charge on any atom is 0.415 e. The van der Waals surface area contributed by atoms with E-state index in [4.69, 9.17) is 25.8 Å². The molecular weight excluding hydrogens is 1090 g/mol. The van der Waals surface area contributed by atoms with Crippen molar-refractivity contribution in [2.45, 2.75) is 64.1 Å². The second kappa shape index (κ2) is 27.4. The van der Waals surface area contributed by atoms with Gasteiger partial charge in [0.15, 0.2) is 0 Å². The third kappa shape index (κ3) is 14.7. The Morgan fingerprint density at radius 2 is 1.61 bits per heavy atom. The number of aromatic nitrogens is 2. The van der Waals surface area contributed by atoms with Crippen LogP contribution in [0.5, 0.6) is 11.5 Å². The van der Waals surface area contributed by atoms with Gasteiger partial charge >= 0.3 is 12.2 Å². The minimum Gasteiger partial charge on any atom is -0.508 e. The minimum atomic E-state index is -0.873. The third-order valence-corrected chi connectivity index (χ3v) is 14.8. The summed E-state index contributed by atoms with van der Waals surface area (Å²) in [5, 5.41) is 28.7. The van der Waals surface area contributed by atoms with E-state index in [0.29, 0.717) is 52.1 Å². The highest BCUT2D eigenvalue weighted by Crippen LogP contribution is 2.47. The molecule has 24 heteroatoms. The summed E-state index contributed by atoms with van der Waals surface area (Å²) in [6.45, 7) is 3.37. The smallest absolute Gasteiger partial charge is 0.415 e. The van der Waals surface area contributed by atoms with E-state index in [2.05, 4.69) is 20.9 Å². The van der Waals surface area contributed by atoms with Gasteiger partial charge in [0.1, 0.15) is 35.5 Å². The number of aliphatic hydroxyl groups is 1. The number of phenolic OH excluding ortho intramolecular Hbond substituents is 1. The lowest BCUT2D eigenvalue weighted by molar-refractivity contribution is -0.139. The summed E-state index contributed by atoms with van der Waals surface area (Å²) in [7, 11) is 5.01. The summed E-state index contributed by atoms with van der Waals surface area (Å²) in [6.07, 6.45) is 3.04. The van der Waals surface area contributed by atoms with Crippen LogP contribution in [0.25, 0.3) is 16.4 Å². The molecule has 23 nitrogen and oxygen atoms in total. The zero-order chi connectivity index (χ0) is 59.5. The lowest BCUT2D eigenvalue weighted by atomic mass is 9.92. The molecule has 0 radical (unpaired) electrons. The number of hydrogen-bond donors (Lipinski definition) is 5. The summed E-state index contributed by atoms with van der Waals surface area (Å²) < 4.78 is 19.0. The van der Waals surface area contributed by atoms with Gasteiger partial charge < -0.3 is 59.5 Å². The van der Waals surface area contributed by atoms with E-state index in [1.165, 1.54) is 52.9 Å². The summed E-state index contributed by atoms with van der Waals surface area (Å²) >= 11 is 6.63. The van der Waals surface area contributed by atoms with Gasteiger partial charge in [0.2, 0.25) is 23.6 Å². The van der Waals surface area contributed by atoms with Crippen LogP contribution in [0, 0.1) is 6.92 Å². The molecule has 0 saturated carbocycles. The Hall–Kier alpha value is -8.64. The number of nitrogens with zero attached hydrogens (tertiary/aromatic N) is 7. The van der Waals surface area contributed by atoms with Crippen molar-refractivity contribution in [3.8, 4) is 11.5 Å². The van der Waals surface area contributed by atoms with Crippen LogP contribution in [0.2, 0.25) is 0 Å². The number of benzene rings is 4. The average Bonchev–Trinajstić information content (AvgIpc) is 4.38. The van der Waals surface area contributed by atoms with Crippen molar-refractivity contribution in [1.82, 2.24) is 34.3 Å². The molecule has 8 rings (SSSR count). The number of aliphatic hydroxyl groups excluding tert-OH is 1. The fourth-order valence-corrected chi connectivity index (χ4v) is 10.2. The third-order valence-electron chi connectivity index (χ3n) is 14.4. The van der Waals surface area contributed by atoms with Crippen LogP contribution < -0.4 is 25.6 Å². The molecule has 2 aliphatic rings. The first kappa shape index (κ1) is 60.5. The molecule has 1 saturated heterocycles. The number of alkyl halides is 1. The number of aryl methyl sites for hydroxylation is 1. The van der Waals surface area contributed by atoms with Gasteiger partial charge in [-0.05, 0) is 111 Å². The molecule has 4 aromatic carbocycles. The van der Waals surface area contributed by atoms with E-state index < -0.39 is 47.9 Å². The van der Waals surface area contributed by atoms with Gasteiger partial charge in [0.05, 0.1) is 43.7 Å². The average molecular weight is 1160 g/mol. The largest absolute Gasteiger partial charge is 0.508 e. The van der Waals surface area contributed by atoms with Crippen LogP contribution in [-0.4, -0.2) is 178 Å². The molecule has 6 aromatic rings. The number of rotatable bonds is 24. The Kier molecular flexibility index (Phi) is 20.0. The molecule has 2 aliphatic heterocycles. The van der Waals surface area contributed by atoms with Crippen LogP contribution in [0.4, 0.5) is 26.7 Å². The summed E-state index contributed by atoms with van der Waals surface area (Å²) in [6, 6.07) is 21.6. The first-order valence-corrected chi connectivity index (χ1v) is 27.6. The number of phenols is 1. The summed E-state index contributed by atoms with van der Waals surface area (Å²) in [4.78, 5) is 117. The molecule has 5 N–H and O–H groups in total. The minimum absolute atomic E-state index is 0.00874. The van der Waals surface area contributed by atoms with Gasteiger partial charge in [-0.15, -0.1) is 11.6 Å². The SMILES string of the molecule is CC(=O)N[C@@H](CCCCN1C(=O)CC(N(C)C)C1=O)C(=O)Nc1ccc(COC(=O)N(C)CCN(CCOCCO)C(=O)Oc2cc3c(c4c(C)cccc24)[C@H](CCl)CN3C(=O)c2cn3cc(NC(=O)c4ccc(O)cc4)ccc3n2)cc1. The molecule has 1 fully saturated rings. The molecule has 8 amide bonds. The number of likely N-dealkylation sites (N-methyl/N-ethyl adjacent to an activating group) is 2. The number of amides is 8. The zero-order valence-corrected chi connectivity index (χ0v) is 47.5. The van der Waals surface area contributed by atoms with Crippen LogP contribution in [0.3, 0.4) is 0 Å². The molecule has 1 unspecified atom stereocenters. The molecule has 4 heterocycles. The first-order valence-electron chi connectivity index (χ1n) is 27.1. The number of pyridine rings is 1. The molecule has 438 valence electrons. The fraction of sp³-hybridized carbons (Fsp3) is 0.373. The molecule has 0 spiro atoms. The first-order chi connectivity index (χ1) is 39.8. The molecule has 0 aliphatic carbocycles. The van der Waals surface area contributed by atoms with Crippen molar-refractivity contribution < 1.29 is 62.8 Å². The number of aromatic hydroxyl groups is 1. The number of nitrogens with one attached hydrogen (secondary N) is 3. The van der Waals surface area contributed by atoms with Crippen molar-refractivity contribution in [2.24, 2.45) is 0 Å². The maximum absolute atomic E-state index is 14.6. The predicted octanol–water partition coefficient (Wildman–Crippen LogP) is 6.12. The Morgan fingerprint density at radius 1 is 0.867 bits per heavy atom. The second-order valence-electron chi connectivity index (χ2n) is 20.6. The number of hydrogen-bond acceptors (Lipinski definition) is 15. The van der Waals surface area contributed by atoms with Crippen LogP contribution in [0.15, 0.2) is 97.3 Å². The van der Waals surface area contributed by atoms with Gasteiger partial charge in [-0.2, -0.15) is 0 Å². The number of carbonyl (C=O) groups is 8. The maximum atomic E-state index is 14.6. The van der Waals surface area contributed by atoms with Gasteiger partial charge in [0.25, 0.3) is 11.8 Å². The lowest BCUT2D eigenvalue weighted by Crippen LogP contribution is -2.43. The molecule has 3 atom stereocenters. The van der Waals surface area contributed by atoms with E-state index in [1.54, 1.807) is 83.2 Å². The van der Waals surface area contributed by atoms with Gasteiger partial charge in [-0.25, -0.2) is 14.6 Å². The quantitative estimate of drug-likeness (QED) is 0.0260. The molecular formula is C59H67ClN10O13. The van der Waals surface area contributed by atoms with E-state index in [-0.39, 0.29) is 113 Å². The number of fused-ring (bicyclic) bond motifs is 4. The molecule has 83 heavy (non-hydrogen) atoms. The van der Waals surface area contributed by atoms with Crippen molar-refractivity contribution in [2.75, 3.05) is 95.1 Å². The van der Waals surface area contributed by atoms with Gasteiger partial charge in [0, 0.05) is 93.6 Å². The number of ether oxygens (including phenoxy) is 3. The molecule has 2 aromatic heterocycles. The normalized spacial score (nSPS) is 15.1. The fourth-order valence-electron chi connectivity index (χ4n) is 9.97. The van der Waals surface area contributed by atoms with Crippen molar-refractivity contribution in [3.05, 3.63) is 125 Å². The number of anilines is 3. The summed E-state index contributed by atoms with van der Waals surface area (Å²) in [5.41, 5.74) is 4.52. The topological polar surface area (TPSA) is 274 Å². The Bertz CT molecular complexity index is 3390. The number of carbonyl (C=O) groups excluding carboxylic acids is 8. The van der Waals surface area contributed by atoms with E-state index in [1.807, 2.05) is 25.1 Å². The van der Waals surface area contributed by atoms with E-state index in [9.17, 15) is 48.6 Å². The predicted molar refractivity (Wildman–Crippen MR) is 309 cm³/mol. The molecule has 0 bridgehead atoms. The zero-order valence-electron chi connectivity index (χ0n) is 46.8. The van der Waals surface area contributed by atoms with Gasteiger partial charge in [-0.3, -0.25) is 38.6 Å². The van der Waals surface area contributed by atoms with Crippen molar-refractivity contribution in [3.63, 3.8) is 0 Å². The lowest BCUT2D eigenvalue weighted by Gasteiger charge is -2.26. The Labute approximate surface area is 484 Å². The van der Waals surface area contributed by atoms with Crippen molar-refractivity contribution >= 4 is 92.7 Å². The summed E-state index contributed by atoms with van der Waals surface area (Å²) in [5.74, 6) is -2.09. The van der Waals surface area contributed by atoms with E-state index >= 15 is 0 Å². The number of halogens is 1. The Morgan fingerprint density at radius 3 is 2.31 bits per heavy atom. The van der Waals surface area contributed by atoms with Crippen LogP contribution in [-0.2, 0) is 35.3 Å². The van der Waals surface area contributed by atoms with Gasteiger partial charge in [-0.1, -0.05) is 30.3 Å². The number of imide groups is 1. The standard InChI is InChI=1S/C59H67ClN10O13/c1-36-9-8-10-44-49(29-47-53(52(36)44)40(31-60)32-70(47)56(77)46-34-68-33-42(18-21-50(68)64-46)63-54(75)39-14-19-43(73)20-15-39)83-59(80)67(25-27-81-28-26-71)24-23-66(5)58(79)82-35-38-12-16-41(17-13-38)62-55(76)45(61-37(2)72)11-6-7-22-69-51(74)30-48(57(69)78)65(3)4/h8-10,12-21,29,33-34,40,45,48,71,73H,6-7,11,22-28,30-32,35H2,1-5H3,(H,61,72)(H,62,76)(H,63,75)/t40-,45+,48?/m1/s1. The number of unbranched alkanes of at least 4 members (excludes halogenated alkanes) is 1. The highest BCUT2D eigenvalue weighted by atomic mass is 35.5. The monoisotopic (exact) mass is 1160 g/mol. The second-order valence-corrected chi connectivity index (χ2v) is 20.9. The number of imidazole rings is 1. The van der Waals surface area contributed by atoms with Crippen LogP contribution >= 0.6 is 11.6 Å². The van der Waals surface area contributed by atoms with Crippen molar-refractivity contribution in [1.29, 1.82) is 0 Å². The van der Waals surface area contributed by atoms with E-state index in [0.717, 1.165) is 16.5 Å². The Balaban J connectivity index is 0.891. The highest BCUT2D eigenvalue weighted by Gasteiger charge is 2.40. The highest BCUT2D eigenvalue weighted by molar-refractivity contribution is 6.19. The number of likely N-dealkylation sites (tertiary alicyclic amines) is 1. The van der Waals surface area contributed by atoms with Crippen LogP contribution in [0.1, 0.15) is 76.1 Å².